The minimum Gasteiger partial charge on any atom is -0.294 e. The molecule has 0 atom stereocenters. The number of hydrogen-bond donors (Lipinski definition) is 0. The number of benzene rings is 1. The third-order valence-corrected chi connectivity index (χ3v) is 3.43. The van der Waals surface area contributed by atoms with Crippen molar-refractivity contribution in [3.63, 3.8) is 0 Å². The molecule has 0 saturated heterocycles. The van der Waals surface area contributed by atoms with Crippen LogP contribution in [0, 0.1) is 0 Å². The summed E-state index contributed by atoms with van der Waals surface area (Å²) in [4.78, 5) is 12.2. The van der Waals surface area contributed by atoms with Crippen LogP contribution in [0.2, 0.25) is 0 Å². The summed E-state index contributed by atoms with van der Waals surface area (Å²) in [5.74, 6) is 0.607. The van der Waals surface area contributed by atoms with Gasteiger partial charge in [0, 0.05) is 17.8 Å². The number of hydrogen-bond acceptors (Lipinski definition) is 2. The number of Topliss-reactive ketones (excluding diaryl/α,β-unsaturated/α-hetero) is 1. The van der Waals surface area contributed by atoms with Crippen LogP contribution in [0.25, 0.3) is 0 Å². The molecule has 0 bridgehead atoms. The second-order valence-corrected chi connectivity index (χ2v) is 5.76. The van der Waals surface area contributed by atoms with Crippen molar-refractivity contribution in [2.75, 3.05) is 0 Å². The molecule has 0 radical (unpaired) electrons. The Balaban J connectivity index is 2.07. The van der Waals surface area contributed by atoms with Crippen molar-refractivity contribution in [1.29, 1.82) is 0 Å². The molecule has 3 heteroatoms. The van der Waals surface area contributed by atoms with Gasteiger partial charge in [-0.1, -0.05) is 38.1 Å². The molecule has 1 aromatic carbocycles. The van der Waals surface area contributed by atoms with E-state index in [4.69, 9.17) is 0 Å². The molecule has 0 fully saturated rings. The molecule has 2 aromatic rings. The van der Waals surface area contributed by atoms with Crippen molar-refractivity contribution < 1.29 is 4.79 Å². The van der Waals surface area contributed by atoms with Gasteiger partial charge in [0.15, 0.2) is 5.78 Å². The Hall–Kier alpha value is -1.90. The van der Waals surface area contributed by atoms with Gasteiger partial charge in [0.1, 0.15) is 0 Å². The van der Waals surface area contributed by atoms with E-state index in [1.165, 1.54) is 5.56 Å². The van der Waals surface area contributed by atoms with Crippen molar-refractivity contribution >= 4 is 5.78 Å². The summed E-state index contributed by atoms with van der Waals surface area (Å²) in [6, 6.07) is 10.1. The zero-order valence-corrected chi connectivity index (χ0v) is 12.6. The SMILES string of the molecule is CC(C)c1ccc(C(=O)Cc2ccn(C(C)C)n2)cc1. The third kappa shape index (κ3) is 3.35. The minimum atomic E-state index is 0.120. The fourth-order valence-electron chi connectivity index (χ4n) is 2.08. The van der Waals surface area contributed by atoms with Crippen molar-refractivity contribution in [1.82, 2.24) is 9.78 Å². The highest BCUT2D eigenvalue weighted by Gasteiger charge is 2.10. The Morgan fingerprint density at radius 1 is 1.10 bits per heavy atom. The Morgan fingerprint density at radius 2 is 1.75 bits per heavy atom. The van der Waals surface area contributed by atoms with E-state index in [2.05, 4.69) is 32.8 Å². The summed E-state index contributed by atoms with van der Waals surface area (Å²) in [5.41, 5.74) is 2.84. The smallest absolute Gasteiger partial charge is 0.168 e. The molecule has 1 aromatic heterocycles. The van der Waals surface area contributed by atoms with Gasteiger partial charge in [0.2, 0.25) is 0 Å². The summed E-state index contributed by atoms with van der Waals surface area (Å²) in [6.45, 7) is 8.44. The Kier molecular flexibility index (Phi) is 4.38. The van der Waals surface area contributed by atoms with Gasteiger partial charge in [-0.3, -0.25) is 9.48 Å². The van der Waals surface area contributed by atoms with E-state index >= 15 is 0 Å². The molecule has 2 rings (SSSR count). The van der Waals surface area contributed by atoms with Crippen LogP contribution in [0.15, 0.2) is 36.5 Å². The number of nitrogens with zero attached hydrogens (tertiary/aromatic N) is 2. The van der Waals surface area contributed by atoms with E-state index in [1.54, 1.807) is 0 Å². The molecule has 0 unspecified atom stereocenters. The normalized spacial score (nSPS) is 11.3. The largest absolute Gasteiger partial charge is 0.294 e. The van der Waals surface area contributed by atoms with E-state index < -0.39 is 0 Å². The lowest BCUT2D eigenvalue weighted by Crippen LogP contribution is -2.06. The van der Waals surface area contributed by atoms with Gasteiger partial charge < -0.3 is 0 Å². The van der Waals surface area contributed by atoms with E-state index in [-0.39, 0.29) is 5.78 Å². The van der Waals surface area contributed by atoms with Crippen LogP contribution in [0.5, 0.6) is 0 Å². The Labute approximate surface area is 120 Å². The van der Waals surface area contributed by atoms with Crippen molar-refractivity contribution in [3.05, 3.63) is 53.3 Å². The van der Waals surface area contributed by atoms with Crippen molar-refractivity contribution in [3.8, 4) is 0 Å². The number of ketones is 1. The predicted molar refractivity (Wildman–Crippen MR) is 81.2 cm³/mol. The lowest BCUT2D eigenvalue weighted by Gasteiger charge is -2.06. The lowest BCUT2D eigenvalue weighted by molar-refractivity contribution is 0.0991. The first-order valence-electron chi connectivity index (χ1n) is 7.14. The second-order valence-electron chi connectivity index (χ2n) is 5.76. The second kappa shape index (κ2) is 6.04. The molecule has 0 saturated carbocycles. The molecular formula is C17H22N2O. The summed E-state index contributed by atoms with van der Waals surface area (Å²) in [6.07, 6.45) is 2.29. The van der Waals surface area contributed by atoms with Crippen molar-refractivity contribution in [2.45, 2.75) is 46.1 Å². The van der Waals surface area contributed by atoms with Gasteiger partial charge >= 0.3 is 0 Å². The zero-order valence-electron chi connectivity index (χ0n) is 12.6. The minimum absolute atomic E-state index is 0.120. The van der Waals surface area contributed by atoms with Crippen LogP contribution in [-0.4, -0.2) is 15.6 Å². The molecule has 0 amide bonds. The van der Waals surface area contributed by atoms with E-state index in [9.17, 15) is 4.79 Å². The summed E-state index contributed by atoms with van der Waals surface area (Å²) in [7, 11) is 0. The average molecular weight is 270 g/mol. The molecule has 20 heavy (non-hydrogen) atoms. The standard InChI is InChI=1S/C17H22N2O/c1-12(2)14-5-7-15(8-6-14)17(20)11-16-9-10-19(18-16)13(3)4/h5-10,12-13H,11H2,1-4H3. The first-order valence-corrected chi connectivity index (χ1v) is 7.14. The van der Waals surface area contributed by atoms with Crippen LogP contribution in [-0.2, 0) is 6.42 Å². The third-order valence-electron chi connectivity index (χ3n) is 3.43. The topological polar surface area (TPSA) is 34.9 Å². The van der Waals surface area contributed by atoms with Gasteiger partial charge in [-0.25, -0.2) is 0 Å². The summed E-state index contributed by atoms with van der Waals surface area (Å²) in [5, 5.41) is 4.42. The lowest BCUT2D eigenvalue weighted by atomic mass is 9.99. The quantitative estimate of drug-likeness (QED) is 0.769. The molecule has 0 aliphatic carbocycles. The van der Waals surface area contributed by atoms with Gasteiger partial charge in [-0.2, -0.15) is 5.10 Å². The van der Waals surface area contributed by atoms with E-state index in [0.29, 0.717) is 18.4 Å². The average Bonchev–Trinajstić information content (AvgIpc) is 2.87. The maximum Gasteiger partial charge on any atom is 0.168 e. The van der Waals surface area contributed by atoms with Gasteiger partial charge in [-0.05, 0) is 31.4 Å². The molecule has 0 aliphatic rings. The highest BCUT2D eigenvalue weighted by molar-refractivity contribution is 5.97. The van der Waals surface area contributed by atoms with Crippen LogP contribution in [0.1, 0.15) is 61.3 Å². The monoisotopic (exact) mass is 270 g/mol. The molecule has 1 heterocycles. The first-order chi connectivity index (χ1) is 9.47. The maximum atomic E-state index is 12.2. The summed E-state index contributed by atoms with van der Waals surface area (Å²) >= 11 is 0. The van der Waals surface area contributed by atoms with Gasteiger partial charge in [0.05, 0.1) is 12.1 Å². The molecule has 0 aliphatic heterocycles. The Bertz CT molecular complexity index is 579. The van der Waals surface area contributed by atoms with E-state index in [1.807, 2.05) is 41.2 Å². The highest BCUT2D eigenvalue weighted by Crippen LogP contribution is 2.16. The predicted octanol–water partition coefficient (Wildman–Crippen LogP) is 4.01. The van der Waals surface area contributed by atoms with Crippen molar-refractivity contribution in [2.24, 2.45) is 0 Å². The number of rotatable bonds is 5. The number of aromatic nitrogens is 2. The molecule has 0 spiro atoms. The molecule has 106 valence electrons. The van der Waals surface area contributed by atoms with Gasteiger partial charge in [-0.15, -0.1) is 0 Å². The Morgan fingerprint density at radius 3 is 2.25 bits per heavy atom. The van der Waals surface area contributed by atoms with Crippen LogP contribution in [0.4, 0.5) is 0 Å². The van der Waals surface area contributed by atoms with Gasteiger partial charge in [0.25, 0.3) is 0 Å². The fraction of sp³-hybridized carbons (Fsp3) is 0.412. The number of carbonyl (C=O) groups is 1. The number of carbonyl (C=O) groups excluding carboxylic acids is 1. The molecule has 0 N–H and O–H groups in total. The van der Waals surface area contributed by atoms with Crippen LogP contribution < -0.4 is 0 Å². The fourth-order valence-corrected chi connectivity index (χ4v) is 2.08. The maximum absolute atomic E-state index is 12.2. The summed E-state index contributed by atoms with van der Waals surface area (Å²) < 4.78 is 1.88. The molecule has 3 nitrogen and oxygen atoms in total. The first kappa shape index (κ1) is 14.5. The zero-order chi connectivity index (χ0) is 14.7. The highest BCUT2D eigenvalue weighted by atomic mass is 16.1. The van der Waals surface area contributed by atoms with Crippen LogP contribution in [0.3, 0.4) is 0 Å². The van der Waals surface area contributed by atoms with E-state index in [0.717, 1.165) is 11.3 Å². The molecular weight excluding hydrogens is 248 g/mol. The van der Waals surface area contributed by atoms with Crippen LogP contribution >= 0.6 is 0 Å².